The van der Waals surface area contributed by atoms with Crippen LogP contribution in [-0.4, -0.2) is 37.1 Å². The van der Waals surface area contributed by atoms with Crippen LogP contribution in [0.25, 0.3) is 0 Å². The number of nitrogens with zero attached hydrogens (tertiary/aromatic N) is 3. The zero-order valence-corrected chi connectivity index (χ0v) is 12.7. The Kier molecular flexibility index (Phi) is 4.61. The van der Waals surface area contributed by atoms with Crippen molar-refractivity contribution in [1.29, 1.82) is 5.26 Å². The summed E-state index contributed by atoms with van der Waals surface area (Å²) in [6.45, 7) is 3.95. The molecule has 1 fully saturated rings. The summed E-state index contributed by atoms with van der Waals surface area (Å²) in [4.78, 5) is 6.73. The highest BCUT2D eigenvalue weighted by molar-refractivity contribution is 5.52. The maximum absolute atomic E-state index is 9.17. The summed E-state index contributed by atoms with van der Waals surface area (Å²) < 4.78 is 0. The molecule has 0 spiro atoms. The minimum absolute atomic E-state index is 0.321. The van der Waals surface area contributed by atoms with Crippen LogP contribution in [0.15, 0.2) is 12.1 Å². The first-order valence-corrected chi connectivity index (χ1v) is 7.31. The lowest BCUT2D eigenvalue weighted by Crippen LogP contribution is -2.37. The van der Waals surface area contributed by atoms with Crippen LogP contribution in [0.1, 0.15) is 36.9 Å². The van der Waals surface area contributed by atoms with E-state index in [4.69, 9.17) is 0 Å². The van der Waals surface area contributed by atoms with Gasteiger partial charge in [0.15, 0.2) is 0 Å². The number of nitrogens with one attached hydrogen (secondary N) is 1. The summed E-state index contributed by atoms with van der Waals surface area (Å²) >= 11 is 0. The number of hydrogen-bond acceptors (Lipinski definition) is 4. The van der Waals surface area contributed by atoms with E-state index in [9.17, 15) is 5.26 Å². The topological polar surface area (TPSA) is 52.0 Å². The van der Waals surface area contributed by atoms with Crippen LogP contribution in [-0.2, 0) is 0 Å². The molecule has 1 aliphatic carbocycles. The summed E-state index contributed by atoms with van der Waals surface area (Å²) in [5, 5.41) is 12.6. The molecule has 4 heteroatoms. The summed E-state index contributed by atoms with van der Waals surface area (Å²) in [5.74, 6) is 0.734. The number of aromatic nitrogens is 1. The molecule has 20 heavy (non-hydrogen) atoms. The third kappa shape index (κ3) is 3.49. The molecule has 0 unspecified atom stereocenters. The van der Waals surface area contributed by atoms with Crippen molar-refractivity contribution in [2.45, 2.75) is 32.6 Å². The second-order valence-electron chi connectivity index (χ2n) is 6.26. The van der Waals surface area contributed by atoms with Gasteiger partial charge in [-0.05, 0) is 46.0 Å². The van der Waals surface area contributed by atoms with Gasteiger partial charge in [0, 0.05) is 24.2 Å². The van der Waals surface area contributed by atoms with Gasteiger partial charge in [0.1, 0.15) is 11.9 Å². The molecule has 0 atom stereocenters. The molecule has 0 radical (unpaired) electrons. The Morgan fingerprint density at radius 1 is 1.35 bits per heavy atom. The molecule has 0 aliphatic heterocycles. The van der Waals surface area contributed by atoms with E-state index in [0.29, 0.717) is 11.0 Å². The van der Waals surface area contributed by atoms with Gasteiger partial charge in [-0.1, -0.05) is 12.8 Å². The Balaban J connectivity index is 2.10. The van der Waals surface area contributed by atoms with Crippen LogP contribution >= 0.6 is 0 Å². The highest BCUT2D eigenvalue weighted by Gasteiger charge is 2.34. The Morgan fingerprint density at radius 2 is 2.05 bits per heavy atom. The molecule has 0 bridgehead atoms. The highest BCUT2D eigenvalue weighted by Crippen LogP contribution is 2.38. The summed E-state index contributed by atoms with van der Waals surface area (Å²) in [6, 6.07) is 5.95. The van der Waals surface area contributed by atoms with Gasteiger partial charge in [-0.2, -0.15) is 5.26 Å². The quantitative estimate of drug-likeness (QED) is 0.895. The molecule has 0 saturated heterocycles. The van der Waals surface area contributed by atoms with Crippen LogP contribution in [0.5, 0.6) is 0 Å². The van der Waals surface area contributed by atoms with Crippen molar-refractivity contribution >= 4 is 5.82 Å². The van der Waals surface area contributed by atoms with Gasteiger partial charge in [0.2, 0.25) is 0 Å². The molecule has 1 aromatic rings. The molecule has 0 amide bonds. The molecule has 1 saturated carbocycles. The van der Waals surface area contributed by atoms with E-state index in [0.717, 1.165) is 24.6 Å². The summed E-state index contributed by atoms with van der Waals surface area (Å²) in [5.41, 5.74) is 1.90. The second kappa shape index (κ2) is 6.23. The zero-order chi connectivity index (χ0) is 14.6. The first-order valence-electron chi connectivity index (χ1n) is 7.31. The van der Waals surface area contributed by atoms with Crippen molar-refractivity contribution in [1.82, 2.24) is 9.88 Å². The monoisotopic (exact) mass is 272 g/mol. The summed E-state index contributed by atoms with van der Waals surface area (Å²) in [7, 11) is 4.26. The fourth-order valence-corrected chi connectivity index (χ4v) is 3.24. The predicted molar refractivity (Wildman–Crippen MR) is 81.6 cm³/mol. The summed E-state index contributed by atoms with van der Waals surface area (Å²) in [6.07, 6.45) is 5.13. The average Bonchev–Trinajstić information content (AvgIpc) is 2.84. The van der Waals surface area contributed by atoms with Gasteiger partial charge in [-0.3, -0.25) is 0 Å². The molecule has 1 N–H and O–H groups in total. The van der Waals surface area contributed by atoms with Gasteiger partial charge in [-0.25, -0.2) is 4.98 Å². The molecule has 1 aliphatic rings. The van der Waals surface area contributed by atoms with Gasteiger partial charge in [0.25, 0.3) is 0 Å². The van der Waals surface area contributed by atoms with E-state index >= 15 is 0 Å². The number of anilines is 1. The fourth-order valence-electron chi connectivity index (χ4n) is 3.24. The lowest BCUT2D eigenvalue weighted by atomic mass is 9.85. The number of rotatable bonds is 5. The molecule has 1 aromatic heterocycles. The van der Waals surface area contributed by atoms with Crippen LogP contribution in [0.4, 0.5) is 5.82 Å². The van der Waals surface area contributed by atoms with Gasteiger partial charge in [0.05, 0.1) is 5.56 Å². The highest BCUT2D eigenvalue weighted by atomic mass is 15.1. The van der Waals surface area contributed by atoms with E-state index < -0.39 is 0 Å². The van der Waals surface area contributed by atoms with E-state index in [1.54, 1.807) is 0 Å². The maximum Gasteiger partial charge on any atom is 0.144 e. The van der Waals surface area contributed by atoms with Gasteiger partial charge < -0.3 is 10.2 Å². The van der Waals surface area contributed by atoms with Crippen molar-refractivity contribution < 1.29 is 0 Å². The SMILES string of the molecule is Cc1ccc(C#N)c(NCC2(CN(C)C)CCCC2)n1. The van der Waals surface area contributed by atoms with Crippen molar-refractivity contribution in [3.8, 4) is 6.07 Å². The zero-order valence-electron chi connectivity index (χ0n) is 12.7. The second-order valence-corrected chi connectivity index (χ2v) is 6.26. The average molecular weight is 272 g/mol. The number of hydrogen-bond donors (Lipinski definition) is 1. The van der Waals surface area contributed by atoms with Crippen molar-refractivity contribution in [2.75, 3.05) is 32.5 Å². The Hall–Kier alpha value is -1.60. The first kappa shape index (κ1) is 14.8. The molecule has 108 valence electrons. The molecule has 4 nitrogen and oxygen atoms in total. The van der Waals surface area contributed by atoms with Crippen LogP contribution in [0, 0.1) is 23.7 Å². The number of nitriles is 1. The van der Waals surface area contributed by atoms with Crippen LogP contribution < -0.4 is 5.32 Å². The van der Waals surface area contributed by atoms with Crippen molar-refractivity contribution in [3.63, 3.8) is 0 Å². The fraction of sp³-hybridized carbons (Fsp3) is 0.625. The lowest BCUT2D eigenvalue weighted by Gasteiger charge is -2.32. The molecule has 2 rings (SSSR count). The Bertz CT molecular complexity index is 496. The van der Waals surface area contributed by atoms with Gasteiger partial charge in [-0.15, -0.1) is 0 Å². The standard InChI is InChI=1S/C16H24N4/c1-13-6-7-14(10-17)15(19-13)18-11-16(12-20(2)3)8-4-5-9-16/h6-7H,4-5,8-9,11-12H2,1-3H3,(H,18,19). The number of aryl methyl sites for hydroxylation is 1. The molecular formula is C16H24N4. The van der Waals surface area contributed by atoms with Crippen molar-refractivity contribution in [2.24, 2.45) is 5.41 Å². The normalized spacial score (nSPS) is 17.1. The van der Waals surface area contributed by atoms with Gasteiger partial charge >= 0.3 is 0 Å². The molecular weight excluding hydrogens is 248 g/mol. The lowest BCUT2D eigenvalue weighted by molar-refractivity contribution is 0.215. The van der Waals surface area contributed by atoms with Crippen molar-refractivity contribution in [3.05, 3.63) is 23.4 Å². The van der Waals surface area contributed by atoms with E-state index in [1.165, 1.54) is 25.7 Å². The number of pyridine rings is 1. The smallest absolute Gasteiger partial charge is 0.144 e. The molecule has 0 aromatic carbocycles. The largest absolute Gasteiger partial charge is 0.368 e. The molecule has 1 heterocycles. The predicted octanol–water partition coefficient (Wildman–Crippen LogP) is 2.80. The maximum atomic E-state index is 9.17. The third-order valence-corrected chi connectivity index (χ3v) is 4.10. The van der Waals surface area contributed by atoms with Crippen LogP contribution in [0.2, 0.25) is 0 Å². The third-order valence-electron chi connectivity index (χ3n) is 4.10. The van der Waals surface area contributed by atoms with E-state index in [-0.39, 0.29) is 0 Å². The Morgan fingerprint density at radius 3 is 2.65 bits per heavy atom. The van der Waals surface area contributed by atoms with E-state index in [1.807, 2.05) is 19.1 Å². The Labute approximate surface area is 121 Å². The van der Waals surface area contributed by atoms with E-state index in [2.05, 4.69) is 35.4 Å². The first-order chi connectivity index (χ1) is 9.54. The van der Waals surface area contributed by atoms with Crippen LogP contribution in [0.3, 0.4) is 0 Å². The minimum atomic E-state index is 0.321. The minimum Gasteiger partial charge on any atom is -0.368 e.